The predicted molar refractivity (Wildman–Crippen MR) is 94.7 cm³/mol. The van der Waals surface area contributed by atoms with Crippen LogP contribution in [0.4, 0.5) is 0 Å². The van der Waals surface area contributed by atoms with Gasteiger partial charge in [0.05, 0.1) is 5.71 Å². The molecule has 0 spiro atoms. The zero-order valence-electron chi connectivity index (χ0n) is 13.7. The lowest BCUT2D eigenvalue weighted by Gasteiger charge is -2.14. The molecule has 0 fully saturated rings. The molecule has 2 aromatic rings. The second kappa shape index (κ2) is 7.84. The van der Waals surface area contributed by atoms with E-state index in [2.05, 4.69) is 10.5 Å². The molecule has 0 aliphatic rings. The quantitative estimate of drug-likeness (QED) is 0.641. The first-order chi connectivity index (χ1) is 11.4. The van der Waals surface area contributed by atoms with Gasteiger partial charge in [-0.1, -0.05) is 23.7 Å². The number of rotatable bonds is 5. The van der Waals surface area contributed by atoms with E-state index >= 15 is 0 Å². The SMILES string of the molecule is CC(=NNC(=O)C(C)Oc1ccc(Cl)c(C)c1)c1ccccc1O. The van der Waals surface area contributed by atoms with Gasteiger partial charge < -0.3 is 9.84 Å². The van der Waals surface area contributed by atoms with Gasteiger partial charge in [-0.15, -0.1) is 0 Å². The molecule has 0 saturated heterocycles. The number of ether oxygens (including phenoxy) is 1. The number of phenolic OH excluding ortho intramolecular Hbond substituents is 1. The highest BCUT2D eigenvalue weighted by Crippen LogP contribution is 2.22. The van der Waals surface area contributed by atoms with Crippen LogP contribution >= 0.6 is 11.6 Å². The summed E-state index contributed by atoms with van der Waals surface area (Å²) in [5, 5.41) is 14.4. The fourth-order valence-electron chi connectivity index (χ4n) is 2.02. The van der Waals surface area contributed by atoms with E-state index in [0.29, 0.717) is 22.0 Å². The average Bonchev–Trinajstić information content (AvgIpc) is 2.56. The number of hydrogen-bond donors (Lipinski definition) is 2. The van der Waals surface area contributed by atoms with E-state index in [0.717, 1.165) is 5.56 Å². The molecule has 0 aliphatic heterocycles. The summed E-state index contributed by atoms with van der Waals surface area (Å²) in [4.78, 5) is 12.1. The largest absolute Gasteiger partial charge is 0.507 e. The zero-order chi connectivity index (χ0) is 17.7. The van der Waals surface area contributed by atoms with Crippen LogP contribution in [0, 0.1) is 6.92 Å². The first kappa shape index (κ1) is 17.8. The third kappa shape index (κ3) is 4.49. The van der Waals surface area contributed by atoms with Crippen LogP contribution in [0.15, 0.2) is 47.6 Å². The van der Waals surface area contributed by atoms with Crippen molar-refractivity contribution in [3.63, 3.8) is 0 Å². The molecule has 0 radical (unpaired) electrons. The highest BCUT2D eigenvalue weighted by molar-refractivity contribution is 6.31. The van der Waals surface area contributed by atoms with Gasteiger partial charge in [-0.05, 0) is 56.7 Å². The molecule has 6 heteroatoms. The minimum absolute atomic E-state index is 0.105. The minimum Gasteiger partial charge on any atom is -0.507 e. The number of para-hydroxylation sites is 1. The number of amides is 1. The lowest BCUT2D eigenvalue weighted by atomic mass is 10.1. The molecule has 0 bridgehead atoms. The Morgan fingerprint density at radius 2 is 2.00 bits per heavy atom. The van der Waals surface area contributed by atoms with Gasteiger partial charge in [0.2, 0.25) is 0 Å². The Hall–Kier alpha value is -2.53. The Labute approximate surface area is 145 Å². The summed E-state index contributed by atoms with van der Waals surface area (Å²) < 4.78 is 5.58. The molecule has 5 nitrogen and oxygen atoms in total. The van der Waals surface area contributed by atoms with E-state index in [4.69, 9.17) is 16.3 Å². The molecule has 1 atom stereocenters. The summed E-state index contributed by atoms with van der Waals surface area (Å²) in [5.74, 6) is 0.271. The third-order valence-corrected chi connectivity index (χ3v) is 3.86. The van der Waals surface area contributed by atoms with Crippen LogP contribution in [0.1, 0.15) is 25.0 Å². The van der Waals surface area contributed by atoms with Gasteiger partial charge in [-0.3, -0.25) is 4.79 Å². The Bertz CT molecular complexity index is 775. The Morgan fingerprint density at radius 1 is 1.29 bits per heavy atom. The molecule has 0 aromatic heterocycles. The van der Waals surface area contributed by atoms with Crippen LogP contribution in [0.25, 0.3) is 0 Å². The first-order valence-corrected chi connectivity index (χ1v) is 7.81. The number of hydrogen-bond acceptors (Lipinski definition) is 4. The van der Waals surface area contributed by atoms with Crippen molar-refractivity contribution in [2.75, 3.05) is 0 Å². The highest BCUT2D eigenvalue weighted by atomic mass is 35.5. The second-order valence-electron chi connectivity index (χ2n) is 5.36. The lowest BCUT2D eigenvalue weighted by Crippen LogP contribution is -2.34. The van der Waals surface area contributed by atoms with Crippen molar-refractivity contribution in [3.05, 3.63) is 58.6 Å². The maximum absolute atomic E-state index is 12.1. The summed E-state index contributed by atoms with van der Waals surface area (Å²) in [5.41, 5.74) is 4.36. The van der Waals surface area contributed by atoms with Gasteiger partial charge in [-0.25, -0.2) is 5.43 Å². The molecular formula is C18H19ClN2O3. The van der Waals surface area contributed by atoms with E-state index < -0.39 is 12.0 Å². The van der Waals surface area contributed by atoms with Crippen molar-refractivity contribution in [3.8, 4) is 11.5 Å². The van der Waals surface area contributed by atoms with Crippen LogP contribution in [0.3, 0.4) is 0 Å². The zero-order valence-corrected chi connectivity index (χ0v) is 14.5. The van der Waals surface area contributed by atoms with Crippen LogP contribution < -0.4 is 10.2 Å². The van der Waals surface area contributed by atoms with Crippen molar-refractivity contribution in [2.45, 2.75) is 26.9 Å². The third-order valence-electron chi connectivity index (χ3n) is 3.44. The number of benzene rings is 2. The molecule has 0 saturated carbocycles. The average molecular weight is 347 g/mol. The molecule has 1 amide bonds. The number of hydrazone groups is 1. The number of halogens is 1. The predicted octanol–water partition coefficient (Wildman–Crippen LogP) is 3.66. The molecular weight excluding hydrogens is 328 g/mol. The van der Waals surface area contributed by atoms with Gasteiger partial charge >= 0.3 is 0 Å². The topological polar surface area (TPSA) is 70.9 Å². The maximum Gasteiger partial charge on any atom is 0.280 e. The number of carbonyl (C=O) groups excluding carboxylic acids is 1. The van der Waals surface area contributed by atoms with E-state index in [1.54, 1.807) is 56.3 Å². The van der Waals surface area contributed by atoms with Gasteiger partial charge in [0.1, 0.15) is 11.5 Å². The fraction of sp³-hybridized carbons (Fsp3) is 0.222. The number of carbonyl (C=O) groups is 1. The molecule has 1 unspecified atom stereocenters. The summed E-state index contributed by atoms with van der Waals surface area (Å²) in [6.07, 6.45) is -0.730. The Balaban J connectivity index is 1.99. The number of phenols is 1. The molecule has 0 aliphatic carbocycles. The van der Waals surface area contributed by atoms with Crippen LogP contribution in [0.5, 0.6) is 11.5 Å². The van der Waals surface area contributed by atoms with Crippen molar-refractivity contribution < 1.29 is 14.6 Å². The molecule has 2 rings (SSSR count). The van der Waals surface area contributed by atoms with Gasteiger partial charge in [0.15, 0.2) is 6.10 Å². The number of nitrogens with zero attached hydrogens (tertiary/aromatic N) is 1. The minimum atomic E-state index is -0.730. The first-order valence-electron chi connectivity index (χ1n) is 7.44. The van der Waals surface area contributed by atoms with Gasteiger partial charge in [-0.2, -0.15) is 5.10 Å². The van der Waals surface area contributed by atoms with Crippen molar-refractivity contribution in [1.29, 1.82) is 0 Å². The molecule has 24 heavy (non-hydrogen) atoms. The molecule has 126 valence electrons. The summed E-state index contributed by atoms with van der Waals surface area (Å²) in [6.45, 7) is 5.19. The normalized spacial score (nSPS) is 12.6. The molecule has 0 heterocycles. The smallest absolute Gasteiger partial charge is 0.280 e. The lowest BCUT2D eigenvalue weighted by molar-refractivity contribution is -0.127. The van der Waals surface area contributed by atoms with E-state index in [1.165, 1.54) is 0 Å². The van der Waals surface area contributed by atoms with E-state index in [1.807, 2.05) is 6.92 Å². The van der Waals surface area contributed by atoms with Crippen molar-refractivity contribution in [1.82, 2.24) is 5.43 Å². The standard InChI is InChI=1S/C18H19ClN2O3/c1-11-10-14(8-9-16(11)19)24-13(3)18(23)21-20-12(2)15-6-4-5-7-17(15)22/h4-10,13,22H,1-3H3,(H,21,23). The number of aryl methyl sites for hydroxylation is 1. The summed E-state index contributed by atoms with van der Waals surface area (Å²) in [6, 6.07) is 12.0. The summed E-state index contributed by atoms with van der Waals surface area (Å²) >= 11 is 5.96. The van der Waals surface area contributed by atoms with Crippen LogP contribution in [-0.2, 0) is 4.79 Å². The Morgan fingerprint density at radius 3 is 2.67 bits per heavy atom. The van der Waals surface area contributed by atoms with Crippen LogP contribution in [0.2, 0.25) is 5.02 Å². The van der Waals surface area contributed by atoms with Crippen molar-refractivity contribution >= 4 is 23.2 Å². The monoisotopic (exact) mass is 346 g/mol. The molecule has 2 aromatic carbocycles. The maximum atomic E-state index is 12.1. The van der Waals surface area contributed by atoms with Crippen molar-refractivity contribution in [2.24, 2.45) is 5.10 Å². The van der Waals surface area contributed by atoms with Gasteiger partial charge in [0.25, 0.3) is 5.91 Å². The van der Waals surface area contributed by atoms with Gasteiger partial charge in [0, 0.05) is 10.6 Å². The Kier molecular flexibility index (Phi) is 5.82. The van der Waals surface area contributed by atoms with Crippen LogP contribution in [-0.4, -0.2) is 22.8 Å². The van der Waals surface area contributed by atoms with E-state index in [9.17, 15) is 9.90 Å². The molecule has 2 N–H and O–H groups in total. The van der Waals surface area contributed by atoms with E-state index in [-0.39, 0.29) is 5.75 Å². The highest BCUT2D eigenvalue weighted by Gasteiger charge is 2.15. The second-order valence-corrected chi connectivity index (χ2v) is 5.77. The number of nitrogens with one attached hydrogen (secondary N) is 1. The number of aromatic hydroxyl groups is 1. The fourth-order valence-corrected chi connectivity index (χ4v) is 2.14. The summed E-state index contributed by atoms with van der Waals surface area (Å²) in [7, 11) is 0.